The minimum atomic E-state index is -1.33. The second-order valence-corrected chi connectivity index (χ2v) is 3.88. The average Bonchev–Trinajstić information content (AvgIpc) is 2.28. The van der Waals surface area contributed by atoms with Crippen LogP contribution >= 0.6 is 0 Å². The molecule has 0 radical (unpaired) electrons. The molecule has 0 unspecified atom stereocenters. The van der Waals surface area contributed by atoms with E-state index in [9.17, 15) is 14.7 Å². The molecule has 0 aliphatic heterocycles. The highest BCUT2D eigenvalue weighted by Crippen LogP contribution is 2.02. The molecule has 0 aliphatic rings. The molecule has 0 fully saturated rings. The largest absolute Gasteiger partial charge is 0.480 e. The smallest absolute Gasteiger partial charge is 0.328 e. The van der Waals surface area contributed by atoms with E-state index in [0.29, 0.717) is 11.4 Å². The molecule has 0 bridgehead atoms. The molecule has 7 nitrogen and oxygen atoms in total. The van der Waals surface area contributed by atoms with Gasteiger partial charge in [0.2, 0.25) is 5.91 Å². The van der Waals surface area contributed by atoms with Crippen LogP contribution in [-0.2, 0) is 16.0 Å². The molecule has 1 heterocycles. The summed E-state index contributed by atoms with van der Waals surface area (Å²) >= 11 is 0. The summed E-state index contributed by atoms with van der Waals surface area (Å²) < 4.78 is 0. The number of hydrogen-bond donors (Lipinski definition) is 4. The van der Waals surface area contributed by atoms with Gasteiger partial charge in [-0.25, -0.2) is 4.79 Å². The molecule has 5 N–H and O–H groups in total. The first-order valence-corrected chi connectivity index (χ1v) is 5.31. The van der Waals surface area contributed by atoms with Crippen molar-refractivity contribution in [2.45, 2.75) is 25.5 Å². The zero-order valence-electron chi connectivity index (χ0n) is 9.83. The number of carboxylic acids is 1. The summed E-state index contributed by atoms with van der Waals surface area (Å²) in [6, 6.07) is 1.85. The van der Waals surface area contributed by atoms with Gasteiger partial charge in [-0.05, 0) is 19.1 Å². The molecule has 0 aromatic carbocycles. The molecule has 0 saturated carbocycles. The number of pyridine rings is 1. The molecule has 1 aromatic heterocycles. The predicted molar refractivity (Wildman–Crippen MR) is 63.6 cm³/mol. The standard InChI is InChI=1S/C11H15N3O4/c1-6(15)10(11(17)18)14-9(16)4-8-3-2-7(12)5-13-8/h2-3,5-6,10,15H,4,12H2,1H3,(H,14,16)(H,17,18)/t6-,10+/m1/s1. The Morgan fingerprint density at radius 1 is 1.50 bits per heavy atom. The van der Waals surface area contributed by atoms with E-state index in [0.717, 1.165) is 0 Å². The number of nitrogens with two attached hydrogens (primary N) is 1. The first kappa shape index (κ1) is 13.9. The van der Waals surface area contributed by atoms with Crippen molar-refractivity contribution in [2.24, 2.45) is 0 Å². The van der Waals surface area contributed by atoms with Crippen LogP contribution in [0.5, 0.6) is 0 Å². The predicted octanol–water partition coefficient (Wildman–Crippen LogP) is -0.844. The summed E-state index contributed by atoms with van der Waals surface area (Å²) in [5.74, 6) is -1.82. The van der Waals surface area contributed by atoms with Crippen LogP contribution in [0.1, 0.15) is 12.6 Å². The van der Waals surface area contributed by atoms with Gasteiger partial charge in [0.1, 0.15) is 0 Å². The van der Waals surface area contributed by atoms with Crippen molar-refractivity contribution >= 4 is 17.6 Å². The highest BCUT2D eigenvalue weighted by molar-refractivity contribution is 5.85. The maximum Gasteiger partial charge on any atom is 0.328 e. The third-order valence-corrected chi connectivity index (χ3v) is 2.25. The van der Waals surface area contributed by atoms with Gasteiger partial charge in [-0.1, -0.05) is 0 Å². The summed E-state index contributed by atoms with van der Waals surface area (Å²) in [4.78, 5) is 26.2. The molecule has 18 heavy (non-hydrogen) atoms. The fraction of sp³-hybridized carbons (Fsp3) is 0.364. The number of aromatic nitrogens is 1. The molecule has 0 spiro atoms. The third kappa shape index (κ3) is 4.02. The fourth-order valence-electron chi connectivity index (χ4n) is 1.32. The van der Waals surface area contributed by atoms with Crippen molar-refractivity contribution in [1.82, 2.24) is 10.3 Å². The van der Waals surface area contributed by atoms with E-state index in [4.69, 9.17) is 10.8 Å². The van der Waals surface area contributed by atoms with E-state index in [-0.39, 0.29) is 6.42 Å². The SMILES string of the molecule is C[C@@H](O)[C@H](NC(=O)Cc1ccc(N)cn1)C(=O)O. The topological polar surface area (TPSA) is 126 Å². The summed E-state index contributed by atoms with van der Waals surface area (Å²) in [6.45, 7) is 1.29. The molecular weight excluding hydrogens is 238 g/mol. The average molecular weight is 253 g/mol. The molecule has 7 heteroatoms. The van der Waals surface area contributed by atoms with E-state index >= 15 is 0 Å². The first-order chi connectivity index (χ1) is 8.40. The van der Waals surface area contributed by atoms with Gasteiger partial charge in [0.15, 0.2) is 6.04 Å². The zero-order valence-corrected chi connectivity index (χ0v) is 9.83. The minimum absolute atomic E-state index is 0.0726. The Hall–Kier alpha value is -2.15. The van der Waals surface area contributed by atoms with Crippen LogP contribution in [0.3, 0.4) is 0 Å². The van der Waals surface area contributed by atoms with Crippen LogP contribution < -0.4 is 11.1 Å². The van der Waals surface area contributed by atoms with Crippen LogP contribution in [0.4, 0.5) is 5.69 Å². The Bertz CT molecular complexity index is 430. The second kappa shape index (κ2) is 5.97. The number of nitrogen functional groups attached to an aromatic ring is 1. The van der Waals surface area contributed by atoms with Crippen molar-refractivity contribution in [2.75, 3.05) is 5.73 Å². The van der Waals surface area contributed by atoms with Crippen molar-refractivity contribution in [3.05, 3.63) is 24.0 Å². The number of nitrogens with zero attached hydrogens (tertiary/aromatic N) is 1. The van der Waals surface area contributed by atoms with Crippen LogP contribution in [0.15, 0.2) is 18.3 Å². The molecular formula is C11H15N3O4. The number of carbonyl (C=O) groups is 2. The highest BCUT2D eigenvalue weighted by Gasteiger charge is 2.24. The van der Waals surface area contributed by atoms with Gasteiger partial charge >= 0.3 is 5.97 Å². The molecule has 0 saturated heterocycles. The van der Waals surface area contributed by atoms with E-state index in [1.165, 1.54) is 13.1 Å². The van der Waals surface area contributed by atoms with Gasteiger partial charge < -0.3 is 21.3 Å². The first-order valence-electron chi connectivity index (χ1n) is 5.31. The Balaban J connectivity index is 2.60. The van der Waals surface area contributed by atoms with Crippen molar-refractivity contribution in [3.8, 4) is 0 Å². The zero-order chi connectivity index (χ0) is 13.7. The summed E-state index contributed by atoms with van der Waals surface area (Å²) in [7, 11) is 0. The molecule has 2 atom stereocenters. The Morgan fingerprint density at radius 3 is 2.61 bits per heavy atom. The van der Waals surface area contributed by atoms with E-state index < -0.39 is 24.0 Å². The summed E-state index contributed by atoms with van der Waals surface area (Å²) in [6.07, 6.45) is 0.161. The number of anilines is 1. The van der Waals surface area contributed by atoms with Crippen LogP contribution in [0, 0.1) is 0 Å². The number of aliphatic hydroxyl groups is 1. The van der Waals surface area contributed by atoms with Crippen LogP contribution in [0.2, 0.25) is 0 Å². The van der Waals surface area contributed by atoms with Crippen molar-refractivity contribution < 1.29 is 19.8 Å². The van der Waals surface area contributed by atoms with Crippen LogP contribution in [-0.4, -0.2) is 39.2 Å². The third-order valence-electron chi connectivity index (χ3n) is 2.25. The van der Waals surface area contributed by atoms with Gasteiger partial charge in [-0.15, -0.1) is 0 Å². The molecule has 1 aromatic rings. The fourth-order valence-corrected chi connectivity index (χ4v) is 1.32. The molecule has 1 amide bonds. The molecule has 0 aliphatic carbocycles. The van der Waals surface area contributed by atoms with Crippen molar-refractivity contribution in [1.29, 1.82) is 0 Å². The van der Waals surface area contributed by atoms with E-state index in [1.54, 1.807) is 12.1 Å². The maximum absolute atomic E-state index is 11.6. The van der Waals surface area contributed by atoms with Gasteiger partial charge in [-0.2, -0.15) is 0 Å². The highest BCUT2D eigenvalue weighted by atomic mass is 16.4. The number of carboxylic acid groups (broad SMARTS) is 1. The lowest BCUT2D eigenvalue weighted by atomic mass is 10.1. The number of carbonyl (C=O) groups excluding carboxylic acids is 1. The number of nitrogens with one attached hydrogen (secondary N) is 1. The Labute approximate surface area is 104 Å². The lowest BCUT2D eigenvalue weighted by molar-refractivity contribution is -0.144. The number of rotatable bonds is 5. The quantitative estimate of drug-likeness (QED) is 0.542. The molecule has 98 valence electrons. The van der Waals surface area contributed by atoms with Gasteiger partial charge in [0.05, 0.1) is 24.4 Å². The number of aliphatic carboxylic acids is 1. The lowest BCUT2D eigenvalue weighted by Crippen LogP contribution is -2.48. The second-order valence-electron chi connectivity index (χ2n) is 3.88. The molecule has 1 rings (SSSR count). The number of aliphatic hydroxyl groups excluding tert-OH is 1. The van der Waals surface area contributed by atoms with Crippen molar-refractivity contribution in [3.63, 3.8) is 0 Å². The number of amides is 1. The van der Waals surface area contributed by atoms with Gasteiger partial charge in [-0.3, -0.25) is 9.78 Å². The lowest BCUT2D eigenvalue weighted by Gasteiger charge is -2.16. The minimum Gasteiger partial charge on any atom is -0.480 e. The van der Waals surface area contributed by atoms with Gasteiger partial charge in [0.25, 0.3) is 0 Å². The van der Waals surface area contributed by atoms with Crippen LogP contribution in [0.25, 0.3) is 0 Å². The monoisotopic (exact) mass is 253 g/mol. The van der Waals surface area contributed by atoms with E-state index in [1.807, 2.05) is 0 Å². The number of hydrogen-bond acceptors (Lipinski definition) is 5. The normalized spacial score (nSPS) is 13.7. The maximum atomic E-state index is 11.6. The van der Waals surface area contributed by atoms with E-state index in [2.05, 4.69) is 10.3 Å². The Morgan fingerprint density at radius 2 is 2.17 bits per heavy atom. The van der Waals surface area contributed by atoms with Gasteiger partial charge in [0, 0.05) is 5.69 Å². The summed E-state index contributed by atoms with van der Waals surface area (Å²) in [5.41, 5.74) is 6.39. The summed E-state index contributed by atoms with van der Waals surface area (Å²) in [5, 5.41) is 20.2. The Kier molecular flexibility index (Phi) is 4.61.